The summed E-state index contributed by atoms with van der Waals surface area (Å²) in [6.07, 6.45) is 3.53. The third kappa shape index (κ3) is 22.5. The van der Waals surface area contributed by atoms with E-state index in [-0.39, 0.29) is 24.7 Å². The minimum Gasteiger partial charge on any atom is -0.480 e. The quantitative estimate of drug-likeness (QED) is 0.0302. The minimum atomic E-state index is -1.52. The van der Waals surface area contributed by atoms with E-state index in [1.165, 1.54) is 6.92 Å². The van der Waals surface area contributed by atoms with Gasteiger partial charge in [-0.1, -0.05) is 54.4 Å². The van der Waals surface area contributed by atoms with Crippen LogP contribution in [-0.2, 0) is 43.2 Å². The summed E-state index contributed by atoms with van der Waals surface area (Å²) in [6.45, 7) is 10.4. The van der Waals surface area contributed by atoms with E-state index < -0.39 is 121 Å². The molecule has 0 saturated carbocycles. The van der Waals surface area contributed by atoms with E-state index in [9.17, 15) is 48.3 Å². The van der Waals surface area contributed by atoms with E-state index in [1.807, 2.05) is 6.92 Å². The fraction of sp³-hybridized carbons (Fsp3) is 0.769. The van der Waals surface area contributed by atoms with Gasteiger partial charge in [-0.3, -0.25) is 43.2 Å². The number of rotatable bonds is 31. The van der Waals surface area contributed by atoms with Crippen LogP contribution in [0.4, 0.5) is 0 Å². The summed E-state index contributed by atoms with van der Waals surface area (Å²) in [4.78, 5) is 116. The lowest BCUT2D eigenvalue weighted by molar-refractivity contribution is -0.141. The number of nitrogens with two attached hydrogens (primary N) is 3. The van der Waals surface area contributed by atoms with Gasteiger partial charge in [-0.05, 0) is 76.3 Å². The molecule has 0 bridgehead atoms. The number of hydrogen-bond acceptors (Lipinski definition) is 13. The first-order valence-electron chi connectivity index (χ1n) is 21.0. The zero-order valence-electron chi connectivity index (χ0n) is 36.8. The van der Waals surface area contributed by atoms with Gasteiger partial charge in [0.05, 0.1) is 25.7 Å². The molecule has 0 aliphatic rings. The van der Waals surface area contributed by atoms with Crippen molar-refractivity contribution in [1.29, 1.82) is 0 Å². The van der Waals surface area contributed by atoms with E-state index in [0.29, 0.717) is 51.6 Å². The highest BCUT2D eigenvalue weighted by Gasteiger charge is 2.34. The van der Waals surface area contributed by atoms with Crippen molar-refractivity contribution >= 4 is 53.2 Å². The monoisotopic (exact) mass is 872 g/mol. The number of carbonyl (C=O) groups is 9. The standard InChI is InChI=1S/C39H73N11O11/c1-8-23(6)32(50-33(54)25(42)13-9-11-15-40)38(59)47-26(14-10-12-16-41)36(57)49-31(22(4)5)37(58)48-27(17-21(2)3)34(55)43-19-30(53)46-28(20-51)35(56)44-18-29(52)45-24(7)39(60)61/h21-28,31-32,51H,8-20,40-42H2,1-7H3,(H,43,55)(H,44,56)(H,45,52)(H,46,53)(H,47,59)(H,48,58)(H,49,57)(H,50,54)(H,60,61)/t23-,24-,25-,26-,27-,28-,31-,32-/m0/s1. The molecule has 0 spiro atoms. The summed E-state index contributed by atoms with van der Waals surface area (Å²) in [7, 11) is 0. The number of hydrogen-bond donors (Lipinski definition) is 13. The summed E-state index contributed by atoms with van der Waals surface area (Å²) >= 11 is 0. The molecule has 0 unspecified atom stereocenters. The molecule has 0 saturated heterocycles. The maximum Gasteiger partial charge on any atom is 0.325 e. The molecule has 61 heavy (non-hydrogen) atoms. The highest BCUT2D eigenvalue weighted by molar-refractivity contribution is 5.97. The molecule has 0 aliphatic carbocycles. The van der Waals surface area contributed by atoms with Crippen molar-refractivity contribution in [2.75, 3.05) is 32.8 Å². The van der Waals surface area contributed by atoms with Crippen LogP contribution >= 0.6 is 0 Å². The number of aliphatic carboxylic acids is 1. The second-order valence-corrected chi connectivity index (χ2v) is 15.9. The molecule has 0 rings (SSSR count). The van der Waals surface area contributed by atoms with Crippen molar-refractivity contribution < 1.29 is 53.4 Å². The lowest BCUT2D eigenvalue weighted by Crippen LogP contribution is -2.60. The Morgan fingerprint density at radius 2 is 1.05 bits per heavy atom. The fourth-order valence-electron chi connectivity index (χ4n) is 5.75. The SMILES string of the molecule is CC[C@H](C)[C@H](NC(=O)[C@@H](N)CCCCN)C(=O)N[C@@H](CCCCN)C(=O)N[C@H](C(=O)N[C@@H](CC(C)C)C(=O)NCC(=O)N[C@@H](CO)C(=O)NCC(=O)N[C@@H](C)C(=O)O)C(C)C. The van der Waals surface area contributed by atoms with E-state index >= 15 is 0 Å². The van der Waals surface area contributed by atoms with E-state index in [0.717, 1.165) is 0 Å². The molecule has 0 radical (unpaired) electrons. The van der Waals surface area contributed by atoms with Crippen LogP contribution in [0.2, 0.25) is 0 Å². The van der Waals surface area contributed by atoms with Crippen LogP contribution in [0.1, 0.15) is 99.8 Å². The third-order valence-electron chi connectivity index (χ3n) is 9.69. The molecule has 0 heterocycles. The number of aliphatic hydroxyl groups is 1. The first-order valence-corrected chi connectivity index (χ1v) is 21.0. The van der Waals surface area contributed by atoms with Crippen LogP contribution in [0.5, 0.6) is 0 Å². The molecule has 22 nitrogen and oxygen atoms in total. The van der Waals surface area contributed by atoms with Crippen molar-refractivity contribution in [3.63, 3.8) is 0 Å². The van der Waals surface area contributed by atoms with E-state index in [1.54, 1.807) is 34.6 Å². The van der Waals surface area contributed by atoms with Gasteiger partial charge < -0.3 is 69.9 Å². The first kappa shape index (κ1) is 56.1. The van der Waals surface area contributed by atoms with Gasteiger partial charge in [0.25, 0.3) is 0 Å². The molecule has 0 aromatic heterocycles. The van der Waals surface area contributed by atoms with Crippen LogP contribution in [0.25, 0.3) is 0 Å². The molecule has 22 heteroatoms. The zero-order valence-corrected chi connectivity index (χ0v) is 36.8. The van der Waals surface area contributed by atoms with E-state index in [4.69, 9.17) is 22.3 Å². The van der Waals surface area contributed by atoms with Crippen molar-refractivity contribution in [1.82, 2.24) is 42.5 Å². The second kappa shape index (κ2) is 30.2. The normalized spacial score (nSPS) is 15.1. The second-order valence-electron chi connectivity index (χ2n) is 15.9. The smallest absolute Gasteiger partial charge is 0.325 e. The van der Waals surface area contributed by atoms with Crippen LogP contribution in [0.15, 0.2) is 0 Å². The number of carboxylic acids is 1. The average Bonchev–Trinajstić information content (AvgIpc) is 3.20. The average molecular weight is 872 g/mol. The molecule has 0 aromatic carbocycles. The largest absolute Gasteiger partial charge is 0.480 e. The summed E-state index contributed by atoms with van der Waals surface area (Å²) in [6, 6.07) is -8.08. The van der Waals surface area contributed by atoms with Crippen LogP contribution in [0.3, 0.4) is 0 Å². The first-order chi connectivity index (χ1) is 28.6. The molecule has 0 aliphatic heterocycles. The van der Waals surface area contributed by atoms with Crippen molar-refractivity contribution in [2.24, 2.45) is 35.0 Å². The molecular weight excluding hydrogens is 798 g/mol. The summed E-state index contributed by atoms with van der Waals surface area (Å²) in [5.41, 5.74) is 17.3. The summed E-state index contributed by atoms with van der Waals surface area (Å²) in [5, 5.41) is 38.3. The van der Waals surface area contributed by atoms with Gasteiger partial charge in [-0.2, -0.15) is 0 Å². The third-order valence-corrected chi connectivity index (χ3v) is 9.69. The topological polar surface area (TPSA) is 368 Å². The lowest BCUT2D eigenvalue weighted by Gasteiger charge is -2.29. The molecule has 350 valence electrons. The number of carboxylic acid groups (broad SMARTS) is 1. The molecule has 0 aromatic rings. The molecule has 8 atom stereocenters. The number of nitrogens with one attached hydrogen (secondary N) is 8. The Kier molecular flexibility index (Phi) is 27.7. The predicted octanol–water partition coefficient (Wildman–Crippen LogP) is -3.44. The highest BCUT2D eigenvalue weighted by Crippen LogP contribution is 2.13. The van der Waals surface area contributed by atoms with Crippen molar-refractivity contribution in [2.45, 2.75) is 142 Å². The predicted molar refractivity (Wildman–Crippen MR) is 226 cm³/mol. The van der Waals surface area contributed by atoms with Crippen molar-refractivity contribution in [3.8, 4) is 0 Å². The maximum absolute atomic E-state index is 13.8. The molecule has 0 fully saturated rings. The number of unbranched alkanes of at least 4 members (excludes halogenated alkanes) is 2. The van der Waals surface area contributed by atoms with Gasteiger partial charge in [0.2, 0.25) is 47.3 Å². The lowest BCUT2D eigenvalue weighted by atomic mass is 9.96. The van der Waals surface area contributed by atoms with Crippen LogP contribution in [0, 0.1) is 17.8 Å². The molecule has 16 N–H and O–H groups in total. The number of carbonyl (C=O) groups excluding carboxylic acids is 8. The number of aliphatic hydroxyl groups excluding tert-OH is 1. The Morgan fingerprint density at radius 1 is 0.557 bits per heavy atom. The van der Waals surface area contributed by atoms with Gasteiger partial charge in [0, 0.05) is 0 Å². The number of amides is 8. The highest BCUT2D eigenvalue weighted by atomic mass is 16.4. The molecular formula is C39H73N11O11. The fourth-order valence-corrected chi connectivity index (χ4v) is 5.75. The summed E-state index contributed by atoms with van der Waals surface area (Å²) in [5.74, 6) is -8.18. The van der Waals surface area contributed by atoms with Gasteiger partial charge in [0.1, 0.15) is 36.3 Å². The Balaban J connectivity index is 5.86. The van der Waals surface area contributed by atoms with Crippen LogP contribution < -0.4 is 59.7 Å². The molecule has 8 amide bonds. The Hall–Kier alpha value is -4.93. The minimum absolute atomic E-state index is 0.124. The van der Waals surface area contributed by atoms with Gasteiger partial charge in [-0.15, -0.1) is 0 Å². The Morgan fingerprint density at radius 3 is 1.54 bits per heavy atom. The Bertz CT molecular complexity index is 1450. The summed E-state index contributed by atoms with van der Waals surface area (Å²) < 4.78 is 0. The van der Waals surface area contributed by atoms with Crippen molar-refractivity contribution in [3.05, 3.63) is 0 Å². The Labute approximate surface area is 358 Å². The zero-order chi connectivity index (χ0) is 46.8. The van der Waals surface area contributed by atoms with E-state index in [2.05, 4.69) is 42.5 Å². The van der Waals surface area contributed by atoms with Gasteiger partial charge >= 0.3 is 5.97 Å². The van der Waals surface area contributed by atoms with Gasteiger partial charge in [-0.25, -0.2) is 0 Å². The maximum atomic E-state index is 13.8. The van der Waals surface area contributed by atoms with Crippen LogP contribution in [-0.4, -0.2) is 139 Å². The van der Waals surface area contributed by atoms with Gasteiger partial charge in [0.15, 0.2) is 0 Å².